The van der Waals surface area contributed by atoms with Gasteiger partial charge in [-0.15, -0.1) is 0 Å². The monoisotopic (exact) mass is 697 g/mol. The van der Waals surface area contributed by atoms with Gasteiger partial charge in [-0.25, -0.2) is 0 Å². The van der Waals surface area contributed by atoms with Gasteiger partial charge >= 0.3 is 67.1 Å². The Kier molecular flexibility index (Phi) is 6760. The smallest absolute Gasteiger partial charge is 3.00 e. The van der Waals surface area contributed by atoms with Crippen molar-refractivity contribution in [1.29, 1.82) is 0 Å². The molecule has 52 valence electrons. The van der Waals surface area contributed by atoms with E-state index in [0.717, 1.165) is 0 Å². The number of hydrogen-bond acceptors (Lipinski definition) is 0. The number of hydrogen-bond donors (Lipinski definition) is 0. The second kappa shape index (κ2) is 242. The second-order valence-corrected chi connectivity index (χ2v) is 0. The van der Waals surface area contributed by atoms with E-state index in [-0.39, 0.29) is 131 Å². The van der Waals surface area contributed by atoms with E-state index in [4.69, 9.17) is 0 Å². The maximum Gasteiger partial charge on any atom is 5.00 e. The minimum Gasteiger partial charge on any atom is -3.00 e. The predicted octanol–water partition coefficient (Wildman–Crippen LogP) is 0.294. The average Bonchev–Trinajstić information content (AvgIpc) is 0. The predicted molar refractivity (Wildman–Crippen MR) is 34.1 cm³/mol. The van der Waals surface area contributed by atoms with Gasteiger partial charge in [-0.1, -0.05) is 0 Å². The molecule has 11 heavy (non-hydrogen) atoms. The molecule has 0 saturated carbocycles. The van der Waals surface area contributed by atoms with Crippen LogP contribution in [0.25, 0.3) is 30.8 Å². The number of nitrogens with zero attached hydrogens (tertiary/aromatic N) is 5. The van der Waals surface area contributed by atoms with Gasteiger partial charge in [0.2, 0.25) is 0 Å². The minimum absolute atomic E-state index is 0. The van der Waals surface area contributed by atoms with E-state index in [2.05, 4.69) is 0 Å². The molecule has 0 bridgehead atoms. The van der Waals surface area contributed by atoms with Gasteiger partial charge in [-0.3, -0.25) is 0 Å². The van der Waals surface area contributed by atoms with Crippen molar-refractivity contribution >= 4 is 32.9 Å². The first-order valence-electron chi connectivity index (χ1n) is 0. The normalized spacial score (nSPS) is 0. The molecule has 0 fully saturated rings. The van der Waals surface area contributed by atoms with Crippen LogP contribution < -0.4 is 0 Å². The molecule has 0 spiro atoms. The van der Waals surface area contributed by atoms with Crippen LogP contribution in [0.15, 0.2) is 0 Å². The first-order valence-corrected chi connectivity index (χ1v) is 0. The maximum atomic E-state index is 0. The molecule has 0 aromatic heterocycles. The summed E-state index contributed by atoms with van der Waals surface area (Å²) in [7, 11) is 0. The zero-order valence-electron chi connectivity index (χ0n) is 5.08. The van der Waals surface area contributed by atoms with Crippen molar-refractivity contribution in [2.75, 3.05) is 0 Å². The fourth-order valence-corrected chi connectivity index (χ4v) is 0. The van der Waals surface area contributed by atoms with Crippen LogP contribution >= 0.6 is 0 Å². The Morgan fingerprint density at radius 3 is 0.273 bits per heavy atom. The molecule has 0 rings (SSSR count). The summed E-state index contributed by atoms with van der Waals surface area (Å²) in [6, 6.07) is 0. The molecule has 0 N–H and O–H groups in total. The molecular weight excluding hydrogens is 697 g/mol. The van der Waals surface area contributed by atoms with E-state index >= 15 is 0 Å². The maximum absolute atomic E-state index is 0. The van der Waals surface area contributed by atoms with Crippen molar-refractivity contribution in [3.05, 3.63) is 30.8 Å². The van der Waals surface area contributed by atoms with Crippen LogP contribution in [0.5, 0.6) is 0 Å². The van der Waals surface area contributed by atoms with E-state index in [0.29, 0.717) is 0 Å². The van der Waals surface area contributed by atoms with E-state index in [1.165, 1.54) is 0 Å². The van der Waals surface area contributed by atoms with Crippen LogP contribution in [0.4, 0.5) is 0 Å². The SMILES string of the molecule is [N-3].[N-3].[N-3].[N-3].[N-3].[Si].[Si].[Si].[Ta+5].[Ta+5].[Ta+5]. The molecule has 5 nitrogen and oxygen atoms in total. The molecule has 0 aliphatic rings. The Bertz CT molecular complexity index is 16.9. The zero-order valence-corrected chi connectivity index (χ0v) is 17.7. The Labute approximate surface area is 129 Å². The van der Waals surface area contributed by atoms with Crippen LogP contribution in [-0.4, -0.2) is 32.9 Å². The Morgan fingerprint density at radius 1 is 0.273 bits per heavy atom. The van der Waals surface area contributed by atoms with Gasteiger partial charge in [0.05, 0.1) is 0 Å². The molecule has 0 aliphatic heterocycles. The molecular formula is N5Si3Ta3. The number of rotatable bonds is 0. The molecule has 11 heteroatoms. The van der Waals surface area contributed by atoms with Gasteiger partial charge in [0.15, 0.2) is 0 Å². The Morgan fingerprint density at radius 2 is 0.273 bits per heavy atom. The van der Waals surface area contributed by atoms with Gasteiger partial charge < -0.3 is 30.8 Å². The summed E-state index contributed by atoms with van der Waals surface area (Å²) in [6.07, 6.45) is 0. The zero-order chi connectivity index (χ0) is 0. The van der Waals surface area contributed by atoms with Gasteiger partial charge in [0.25, 0.3) is 0 Å². The molecule has 0 aromatic carbocycles. The third-order valence-electron chi connectivity index (χ3n) is 0. The topological polar surface area (TPSA) is 152 Å². The largest absolute Gasteiger partial charge is 5.00 e. The van der Waals surface area contributed by atoms with E-state index in [1.54, 1.807) is 0 Å². The van der Waals surface area contributed by atoms with Gasteiger partial charge in [0.1, 0.15) is 0 Å². The minimum atomic E-state index is 0. The molecule has 0 aliphatic carbocycles. The van der Waals surface area contributed by atoms with Crippen molar-refractivity contribution in [2.45, 2.75) is 0 Å². The van der Waals surface area contributed by atoms with Gasteiger partial charge in [0, 0.05) is 32.9 Å². The van der Waals surface area contributed by atoms with Crippen LogP contribution in [0.1, 0.15) is 0 Å². The van der Waals surface area contributed by atoms with Crippen LogP contribution in [0.2, 0.25) is 0 Å². The first-order chi connectivity index (χ1) is 0. The molecule has 0 saturated heterocycles. The van der Waals surface area contributed by atoms with Crippen molar-refractivity contribution in [1.82, 2.24) is 0 Å². The van der Waals surface area contributed by atoms with Crippen molar-refractivity contribution < 1.29 is 67.1 Å². The fraction of sp³-hybridized carbons (Fsp3) is 0. The van der Waals surface area contributed by atoms with E-state index in [1.807, 2.05) is 0 Å². The van der Waals surface area contributed by atoms with Crippen LogP contribution in [0, 0.1) is 0 Å². The average molecular weight is 697 g/mol. The summed E-state index contributed by atoms with van der Waals surface area (Å²) in [5, 5.41) is 0. The Hall–Kier alpha value is 2.67. The quantitative estimate of drug-likeness (QED) is 0.320. The first kappa shape index (κ1) is 308. The van der Waals surface area contributed by atoms with E-state index in [9.17, 15) is 0 Å². The van der Waals surface area contributed by atoms with Crippen molar-refractivity contribution in [3.63, 3.8) is 0 Å². The fourth-order valence-electron chi connectivity index (χ4n) is 0. The summed E-state index contributed by atoms with van der Waals surface area (Å²) < 4.78 is 0. The molecule has 0 amide bonds. The van der Waals surface area contributed by atoms with Gasteiger partial charge in [-0.05, 0) is 0 Å². The van der Waals surface area contributed by atoms with Crippen LogP contribution in [0.3, 0.4) is 0 Å². The summed E-state index contributed by atoms with van der Waals surface area (Å²) in [4.78, 5) is 0. The summed E-state index contributed by atoms with van der Waals surface area (Å²) in [6.45, 7) is 0. The standard InChI is InChI=1S/5N.3Si.3Ta/q5*-3;;;;3*+5. The second-order valence-electron chi connectivity index (χ2n) is 0. The summed E-state index contributed by atoms with van der Waals surface area (Å²) in [5.41, 5.74) is 0. The van der Waals surface area contributed by atoms with Crippen LogP contribution in [-0.2, 0) is 67.1 Å². The van der Waals surface area contributed by atoms with Gasteiger partial charge in [-0.2, -0.15) is 0 Å². The molecule has 0 atom stereocenters. The molecule has 0 aromatic rings. The summed E-state index contributed by atoms with van der Waals surface area (Å²) >= 11 is 0. The third kappa shape index (κ3) is 202. The third-order valence-corrected chi connectivity index (χ3v) is 0. The summed E-state index contributed by atoms with van der Waals surface area (Å²) in [5.74, 6) is 0. The molecule has 0 unspecified atom stereocenters. The Balaban J connectivity index is 0. The van der Waals surface area contributed by atoms with E-state index < -0.39 is 0 Å². The molecule has 12 radical (unpaired) electrons. The van der Waals surface area contributed by atoms with Crippen molar-refractivity contribution in [2.24, 2.45) is 0 Å². The molecule has 0 heterocycles. The van der Waals surface area contributed by atoms with Crippen molar-refractivity contribution in [3.8, 4) is 0 Å².